The molecule has 2 rings (SSSR count). The van der Waals surface area contributed by atoms with Gasteiger partial charge in [-0.15, -0.1) is 11.3 Å². The number of nitrogens with zero attached hydrogens (tertiary/aromatic N) is 2. The highest BCUT2D eigenvalue weighted by Crippen LogP contribution is 2.30. The van der Waals surface area contributed by atoms with Gasteiger partial charge in [0.05, 0.1) is 30.0 Å². The van der Waals surface area contributed by atoms with Gasteiger partial charge in [-0.25, -0.2) is 4.98 Å². The van der Waals surface area contributed by atoms with Crippen LogP contribution in [0.2, 0.25) is 0 Å². The molecule has 25 heavy (non-hydrogen) atoms. The lowest BCUT2D eigenvalue weighted by atomic mass is 9.83. The minimum Gasteiger partial charge on any atom is -0.466 e. The molecule has 1 heterocycles. The van der Waals surface area contributed by atoms with E-state index in [1.807, 2.05) is 5.38 Å². The lowest BCUT2D eigenvalue weighted by Gasteiger charge is -2.32. The summed E-state index contributed by atoms with van der Waals surface area (Å²) in [5, 5.41) is 13.9. The second-order valence-corrected chi connectivity index (χ2v) is 8.54. The number of carbonyl (C=O) groups is 2. The third-order valence-corrected chi connectivity index (χ3v) is 6.21. The Balaban J connectivity index is 1.89. The topological polar surface area (TPSA) is 92.1 Å². The normalized spacial score (nSPS) is 17.3. The van der Waals surface area contributed by atoms with Crippen molar-refractivity contribution in [2.75, 3.05) is 6.61 Å². The minimum absolute atomic E-state index is 0.142. The Bertz CT molecular complexity index is 648. The van der Waals surface area contributed by atoms with Crippen LogP contribution in [-0.2, 0) is 20.7 Å². The zero-order chi connectivity index (χ0) is 18.3. The molecule has 0 bridgehead atoms. The Morgan fingerprint density at radius 1 is 1.48 bits per heavy atom. The molecule has 1 aliphatic carbocycles. The first kappa shape index (κ1) is 19.7. The fraction of sp³-hybridized carbons (Fsp3) is 0.647. The summed E-state index contributed by atoms with van der Waals surface area (Å²) in [6.07, 6.45) is 4.63. The van der Waals surface area contributed by atoms with E-state index in [-0.39, 0.29) is 23.5 Å². The van der Waals surface area contributed by atoms with Crippen LogP contribution in [-0.4, -0.2) is 34.3 Å². The second-order valence-electron chi connectivity index (χ2n) is 6.09. The fourth-order valence-corrected chi connectivity index (χ4v) is 4.73. The molecule has 1 amide bonds. The van der Waals surface area contributed by atoms with Crippen molar-refractivity contribution in [3.05, 3.63) is 11.1 Å². The van der Waals surface area contributed by atoms with Crippen LogP contribution in [0.5, 0.6) is 0 Å². The molecule has 136 valence electrons. The number of hydrogen-bond acceptors (Lipinski definition) is 7. The predicted octanol–water partition coefficient (Wildman–Crippen LogP) is 3.07. The van der Waals surface area contributed by atoms with Crippen molar-refractivity contribution < 1.29 is 14.3 Å². The van der Waals surface area contributed by atoms with Gasteiger partial charge in [-0.2, -0.15) is 5.26 Å². The number of hydrogen-bond donors (Lipinski definition) is 1. The maximum atomic E-state index is 12.5. The Labute approximate surface area is 156 Å². The van der Waals surface area contributed by atoms with Crippen LogP contribution in [0.15, 0.2) is 9.72 Å². The molecule has 0 aromatic carbocycles. The molecule has 1 saturated carbocycles. The number of nitriles is 1. The molecule has 0 aliphatic heterocycles. The van der Waals surface area contributed by atoms with Crippen molar-refractivity contribution in [2.24, 2.45) is 0 Å². The van der Waals surface area contributed by atoms with Crippen LogP contribution in [0.3, 0.4) is 0 Å². The zero-order valence-electron chi connectivity index (χ0n) is 14.5. The molecule has 8 heteroatoms. The summed E-state index contributed by atoms with van der Waals surface area (Å²) in [6, 6.07) is 2.30. The number of rotatable bonds is 7. The standard InChI is InChI=1S/C17H23N3O3S2/c1-3-23-14(21)9-13-10-24-16(19-13)25-12(2)15(22)20-17(11-18)7-5-4-6-8-17/h10,12H,3-9H2,1-2H3,(H,20,22)/t12-/m1/s1. The van der Waals surface area contributed by atoms with Gasteiger partial charge in [0.1, 0.15) is 5.54 Å². The van der Waals surface area contributed by atoms with E-state index in [0.717, 1.165) is 23.6 Å². The van der Waals surface area contributed by atoms with E-state index in [9.17, 15) is 14.9 Å². The Hall–Kier alpha value is -1.59. The molecule has 6 nitrogen and oxygen atoms in total. The van der Waals surface area contributed by atoms with Gasteiger partial charge >= 0.3 is 5.97 Å². The van der Waals surface area contributed by atoms with Gasteiger partial charge < -0.3 is 10.1 Å². The highest BCUT2D eigenvalue weighted by Gasteiger charge is 2.35. The number of thiazole rings is 1. The van der Waals surface area contributed by atoms with Gasteiger partial charge in [0.15, 0.2) is 4.34 Å². The van der Waals surface area contributed by atoms with Crippen LogP contribution in [0.4, 0.5) is 0 Å². The van der Waals surface area contributed by atoms with Crippen molar-refractivity contribution in [2.45, 2.75) is 67.5 Å². The monoisotopic (exact) mass is 381 g/mol. The van der Waals surface area contributed by atoms with E-state index < -0.39 is 5.54 Å². The van der Waals surface area contributed by atoms with Crippen molar-refractivity contribution in [3.8, 4) is 6.07 Å². The van der Waals surface area contributed by atoms with E-state index in [1.165, 1.54) is 23.1 Å². The molecular formula is C17H23N3O3S2. The summed E-state index contributed by atoms with van der Waals surface area (Å²) < 4.78 is 5.64. The molecule has 0 unspecified atom stereocenters. The smallest absolute Gasteiger partial charge is 0.311 e. The van der Waals surface area contributed by atoms with E-state index in [0.29, 0.717) is 25.1 Å². The Morgan fingerprint density at radius 3 is 2.84 bits per heavy atom. The first-order chi connectivity index (χ1) is 12.0. The number of ether oxygens (including phenoxy) is 1. The highest BCUT2D eigenvalue weighted by molar-refractivity contribution is 8.02. The quantitative estimate of drug-likeness (QED) is 0.576. The highest BCUT2D eigenvalue weighted by atomic mass is 32.2. The van der Waals surface area contributed by atoms with Crippen LogP contribution in [0.25, 0.3) is 0 Å². The summed E-state index contributed by atoms with van der Waals surface area (Å²) >= 11 is 2.75. The largest absolute Gasteiger partial charge is 0.466 e. The van der Waals surface area contributed by atoms with Gasteiger partial charge in [0.2, 0.25) is 5.91 Å². The summed E-state index contributed by atoms with van der Waals surface area (Å²) in [5.74, 6) is -0.445. The number of carbonyl (C=O) groups excluding carboxylic acids is 2. The molecule has 0 radical (unpaired) electrons. The van der Waals surface area contributed by atoms with Crippen molar-refractivity contribution >= 4 is 35.0 Å². The average Bonchev–Trinajstić information content (AvgIpc) is 3.02. The zero-order valence-corrected chi connectivity index (χ0v) is 16.2. The molecule has 1 aromatic rings. The summed E-state index contributed by atoms with van der Waals surface area (Å²) in [6.45, 7) is 3.92. The van der Waals surface area contributed by atoms with Crippen molar-refractivity contribution in [1.29, 1.82) is 5.26 Å². The van der Waals surface area contributed by atoms with E-state index in [1.54, 1.807) is 13.8 Å². The first-order valence-corrected chi connectivity index (χ1v) is 10.2. The fourth-order valence-electron chi connectivity index (χ4n) is 2.75. The molecule has 1 aromatic heterocycles. The van der Waals surface area contributed by atoms with Gasteiger partial charge in [-0.3, -0.25) is 9.59 Å². The molecule has 1 fully saturated rings. The number of esters is 1. The molecule has 1 aliphatic rings. The van der Waals surface area contributed by atoms with Crippen molar-refractivity contribution in [1.82, 2.24) is 10.3 Å². The van der Waals surface area contributed by atoms with E-state index >= 15 is 0 Å². The Kier molecular flexibility index (Phi) is 7.26. The molecule has 0 saturated heterocycles. The van der Waals surface area contributed by atoms with Gasteiger partial charge in [0, 0.05) is 5.38 Å². The minimum atomic E-state index is -0.720. The summed E-state index contributed by atoms with van der Waals surface area (Å²) in [4.78, 5) is 28.3. The SMILES string of the molecule is CCOC(=O)Cc1csc(S[C@H](C)C(=O)NC2(C#N)CCCCC2)n1. The second kappa shape index (κ2) is 9.20. The molecule has 1 N–H and O–H groups in total. The van der Waals surface area contributed by atoms with Gasteiger partial charge in [-0.05, 0) is 26.7 Å². The summed E-state index contributed by atoms with van der Waals surface area (Å²) in [5.41, 5.74) is -0.0680. The van der Waals surface area contributed by atoms with Crippen LogP contribution >= 0.6 is 23.1 Å². The van der Waals surface area contributed by atoms with Crippen LogP contribution in [0.1, 0.15) is 51.6 Å². The lowest BCUT2D eigenvalue weighted by molar-refractivity contribution is -0.142. The molecular weight excluding hydrogens is 358 g/mol. The van der Waals surface area contributed by atoms with Gasteiger partial charge in [-0.1, -0.05) is 31.0 Å². The van der Waals surface area contributed by atoms with Gasteiger partial charge in [0.25, 0.3) is 0 Å². The molecule has 0 spiro atoms. The number of aromatic nitrogens is 1. The third-order valence-electron chi connectivity index (χ3n) is 4.09. The van der Waals surface area contributed by atoms with Crippen LogP contribution < -0.4 is 5.32 Å². The predicted molar refractivity (Wildman–Crippen MR) is 97.3 cm³/mol. The summed E-state index contributed by atoms with van der Waals surface area (Å²) in [7, 11) is 0. The van der Waals surface area contributed by atoms with E-state index in [2.05, 4.69) is 16.4 Å². The maximum Gasteiger partial charge on any atom is 0.311 e. The Morgan fingerprint density at radius 2 is 2.20 bits per heavy atom. The number of nitrogens with one attached hydrogen (secondary N) is 1. The number of amides is 1. The van der Waals surface area contributed by atoms with E-state index in [4.69, 9.17) is 4.74 Å². The van der Waals surface area contributed by atoms with Crippen molar-refractivity contribution in [3.63, 3.8) is 0 Å². The maximum absolute atomic E-state index is 12.5. The van der Waals surface area contributed by atoms with Crippen LogP contribution in [0, 0.1) is 11.3 Å². The average molecular weight is 382 g/mol. The number of thioether (sulfide) groups is 1. The first-order valence-electron chi connectivity index (χ1n) is 8.48. The lowest BCUT2D eigenvalue weighted by Crippen LogP contribution is -2.50. The third kappa shape index (κ3) is 5.72. The molecule has 1 atom stereocenters.